The van der Waals surface area contributed by atoms with Gasteiger partial charge in [-0.25, -0.2) is 4.98 Å². The van der Waals surface area contributed by atoms with Crippen LogP contribution in [0.2, 0.25) is 0 Å². The summed E-state index contributed by atoms with van der Waals surface area (Å²) < 4.78 is 6.73. The first-order valence-electron chi connectivity index (χ1n) is 10.3. The number of aryl methyl sites for hydroxylation is 1. The number of carbonyl (C=O) groups excluding carboxylic acids is 1. The number of nitrogens with zero attached hydrogens (tertiary/aromatic N) is 1. The highest BCUT2D eigenvalue weighted by molar-refractivity contribution is 7.80. The van der Waals surface area contributed by atoms with Crippen molar-refractivity contribution in [3.05, 3.63) is 53.6 Å². The highest BCUT2D eigenvalue weighted by Crippen LogP contribution is 2.27. The van der Waals surface area contributed by atoms with Crippen LogP contribution in [0.3, 0.4) is 0 Å². The molecule has 0 radical (unpaired) electrons. The maximum absolute atomic E-state index is 12.4. The summed E-state index contributed by atoms with van der Waals surface area (Å²) in [5.74, 6) is 0.490. The second kappa shape index (κ2) is 11.0. The van der Waals surface area contributed by atoms with E-state index in [9.17, 15) is 4.79 Å². The zero-order valence-corrected chi connectivity index (χ0v) is 19.0. The number of amides is 1. The second-order valence-electron chi connectivity index (χ2n) is 7.06. The Morgan fingerprint density at radius 2 is 1.87 bits per heavy atom. The van der Waals surface area contributed by atoms with E-state index in [1.54, 1.807) is 24.3 Å². The Labute approximate surface area is 186 Å². The van der Waals surface area contributed by atoms with Crippen molar-refractivity contribution in [1.29, 1.82) is 0 Å². The number of thiazole rings is 1. The first-order chi connectivity index (χ1) is 14.6. The van der Waals surface area contributed by atoms with E-state index >= 15 is 0 Å². The van der Waals surface area contributed by atoms with Crippen molar-refractivity contribution in [3.63, 3.8) is 0 Å². The van der Waals surface area contributed by atoms with Crippen molar-refractivity contribution in [2.75, 3.05) is 11.9 Å². The minimum Gasteiger partial charge on any atom is -0.494 e. The quantitative estimate of drug-likeness (QED) is 0.318. The molecule has 2 aromatic carbocycles. The fourth-order valence-corrected chi connectivity index (χ4v) is 4.09. The van der Waals surface area contributed by atoms with E-state index in [0.717, 1.165) is 35.2 Å². The highest BCUT2D eigenvalue weighted by Gasteiger charge is 2.11. The average Bonchev–Trinajstić information content (AvgIpc) is 3.14. The van der Waals surface area contributed by atoms with Gasteiger partial charge in [-0.05, 0) is 73.4 Å². The zero-order valence-electron chi connectivity index (χ0n) is 17.4. The van der Waals surface area contributed by atoms with Gasteiger partial charge in [-0.3, -0.25) is 10.1 Å². The van der Waals surface area contributed by atoms with Gasteiger partial charge in [0.1, 0.15) is 5.75 Å². The van der Waals surface area contributed by atoms with Gasteiger partial charge in [-0.15, -0.1) is 0 Å². The van der Waals surface area contributed by atoms with Crippen LogP contribution in [-0.2, 0) is 6.42 Å². The number of aromatic nitrogens is 1. The van der Waals surface area contributed by atoms with Gasteiger partial charge < -0.3 is 10.1 Å². The Balaban J connectivity index is 1.56. The van der Waals surface area contributed by atoms with Crippen molar-refractivity contribution >= 4 is 49.9 Å². The maximum Gasteiger partial charge on any atom is 0.257 e. The highest BCUT2D eigenvalue weighted by atomic mass is 32.1. The first-order valence-corrected chi connectivity index (χ1v) is 11.6. The first kappa shape index (κ1) is 22.2. The monoisotopic (exact) mass is 441 g/mol. The van der Waals surface area contributed by atoms with Crippen LogP contribution in [0.25, 0.3) is 10.2 Å². The Morgan fingerprint density at radius 1 is 1.10 bits per heavy atom. The third-order valence-electron chi connectivity index (χ3n) is 4.60. The van der Waals surface area contributed by atoms with Crippen molar-refractivity contribution in [1.82, 2.24) is 10.3 Å². The minimum atomic E-state index is -0.268. The number of fused-ring (bicyclic) bond motifs is 1. The number of carbonyl (C=O) groups is 1. The van der Waals surface area contributed by atoms with Gasteiger partial charge in [-0.1, -0.05) is 44.1 Å². The molecule has 1 amide bonds. The largest absolute Gasteiger partial charge is 0.494 e. The van der Waals surface area contributed by atoms with Crippen LogP contribution < -0.4 is 15.4 Å². The Kier molecular flexibility index (Phi) is 8.16. The fourth-order valence-electron chi connectivity index (χ4n) is 2.90. The number of anilines is 1. The third kappa shape index (κ3) is 6.24. The summed E-state index contributed by atoms with van der Waals surface area (Å²) in [6, 6.07) is 13.4. The van der Waals surface area contributed by atoms with Crippen molar-refractivity contribution in [2.24, 2.45) is 0 Å². The molecule has 2 N–H and O–H groups in total. The summed E-state index contributed by atoms with van der Waals surface area (Å²) in [7, 11) is 0. The minimum absolute atomic E-state index is 0.230. The van der Waals surface area contributed by atoms with E-state index < -0.39 is 0 Å². The van der Waals surface area contributed by atoms with Crippen LogP contribution in [0.4, 0.5) is 5.13 Å². The summed E-state index contributed by atoms with van der Waals surface area (Å²) >= 11 is 6.83. The lowest BCUT2D eigenvalue weighted by atomic mass is 10.1. The summed E-state index contributed by atoms with van der Waals surface area (Å²) in [5.41, 5.74) is 2.76. The fraction of sp³-hybridized carbons (Fsp3) is 0.348. The molecule has 0 saturated carbocycles. The van der Waals surface area contributed by atoms with Gasteiger partial charge in [0, 0.05) is 5.56 Å². The molecule has 30 heavy (non-hydrogen) atoms. The molecule has 0 aliphatic heterocycles. The van der Waals surface area contributed by atoms with Gasteiger partial charge in [0.2, 0.25) is 0 Å². The molecule has 0 aliphatic carbocycles. The molecule has 7 heteroatoms. The molecule has 0 fully saturated rings. The number of unbranched alkanes of at least 4 members (excludes halogenated alkanes) is 2. The van der Waals surface area contributed by atoms with Crippen molar-refractivity contribution < 1.29 is 9.53 Å². The molecule has 1 aromatic heterocycles. The van der Waals surface area contributed by atoms with Gasteiger partial charge in [0.15, 0.2) is 10.2 Å². The third-order valence-corrected chi connectivity index (χ3v) is 5.74. The molecule has 0 atom stereocenters. The van der Waals surface area contributed by atoms with E-state index in [2.05, 4.69) is 41.6 Å². The van der Waals surface area contributed by atoms with E-state index in [1.165, 1.54) is 29.7 Å². The number of hydrogen-bond acceptors (Lipinski definition) is 5. The SMILES string of the molecule is CCCCOc1ccc(C(=O)NC(=S)Nc2nc3ccc(CCCC)cc3s2)cc1. The Bertz CT molecular complexity index is 999. The summed E-state index contributed by atoms with van der Waals surface area (Å²) in [6.45, 7) is 4.99. The number of hydrogen-bond donors (Lipinski definition) is 2. The molecule has 3 rings (SSSR count). The van der Waals surface area contributed by atoms with E-state index in [4.69, 9.17) is 17.0 Å². The van der Waals surface area contributed by atoms with Crippen LogP contribution in [0.1, 0.15) is 55.5 Å². The Morgan fingerprint density at radius 3 is 2.60 bits per heavy atom. The van der Waals surface area contributed by atoms with Crippen molar-refractivity contribution in [2.45, 2.75) is 46.0 Å². The Hall–Kier alpha value is -2.51. The molecule has 1 heterocycles. The number of benzene rings is 2. The van der Waals surface area contributed by atoms with E-state index in [0.29, 0.717) is 17.3 Å². The standard InChI is InChI=1S/C23H27N3O2S2/c1-3-5-7-16-8-13-19-20(15-16)30-23(24-19)26-22(29)25-21(27)17-9-11-18(12-10-17)28-14-6-4-2/h8-13,15H,3-7,14H2,1-2H3,(H2,24,25,26,27,29). The molecule has 0 spiro atoms. The maximum atomic E-state index is 12.4. The predicted molar refractivity (Wildman–Crippen MR) is 129 cm³/mol. The number of nitrogens with one attached hydrogen (secondary N) is 2. The molecule has 0 aliphatic rings. The summed E-state index contributed by atoms with van der Waals surface area (Å²) in [4.78, 5) is 17.0. The molecule has 0 unspecified atom stereocenters. The molecular formula is C23H27N3O2S2. The lowest BCUT2D eigenvalue weighted by Crippen LogP contribution is -2.34. The molecule has 158 valence electrons. The van der Waals surface area contributed by atoms with Crippen LogP contribution >= 0.6 is 23.6 Å². The van der Waals surface area contributed by atoms with Gasteiger partial charge in [0.05, 0.1) is 16.8 Å². The molecule has 3 aromatic rings. The predicted octanol–water partition coefficient (Wildman–Crippen LogP) is 5.94. The summed E-state index contributed by atoms with van der Waals surface area (Å²) in [5, 5.41) is 6.63. The number of thiocarbonyl (C=S) groups is 1. The zero-order chi connectivity index (χ0) is 21.3. The van der Waals surface area contributed by atoms with Crippen LogP contribution in [0, 0.1) is 0 Å². The lowest BCUT2D eigenvalue weighted by molar-refractivity contribution is 0.0977. The normalized spacial score (nSPS) is 10.7. The van der Waals surface area contributed by atoms with Gasteiger partial charge in [0.25, 0.3) is 5.91 Å². The number of rotatable bonds is 9. The van der Waals surface area contributed by atoms with E-state index in [1.807, 2.05) is 6.07 Å². The number of ether oxygens (including phenoxy) is 1. The van der Waals surface area contributed by atoms with Crippen molar-refractivity contribution in [3.8, 4) is 5.75 Å². The van der Waals surface area contributed by atoms with Gasteiger partial charge in [-0.2, -0.15) is 0 Å². The van der Waals surface area contributed by atoms with Crippen LogP contribution in [0.15, 0.2) is 42.5 Å². The molecule has 0 saturated heterocycles. The van der Waals surface area contributed by atoms with E-state index in [-0.39, 0.29) is 11.0 Å². The van der Waals surface area contributed by atoms with Crippen LogP contribution in [-0.4, -0.2) is 22.6 Å². The van der Waals surface area contributed by atoms with Crippen LogP contribution in [0.5, 0.6) is 5.75 Å². The average molecular weight is 442 g/mol. The molecule has 0 bridgehead atoms. The summed E-state index contributed by atoms with van der Waals surface area (Å²) in [6.07, 6.45) is 5.52. The molecular weight excluding hydrogens is 414 g/mol. The topological polar surface area (TPSA) is 63.2 Å². The van der Waals surface area contributed by atoms with Gasteiger partial charge >= 0.3 is 0 Å². The second-order valence-corrected chi connectivity index (χ2v) is 8.50. The lowest BCUT2D eigenvalue weighted by Gasteiger charge is -2.08. The smallest absolute Gasteiger partial charge is 0.257 e. The molecule has 5 nitrogen and oxygen atoms in total.